The molecule has 0 aliphatic carbocycles. The number of thiophene rings is 1. The summed E-state index contributed by atoms with van der Waals surface area (Å²) in [5.41, 5.74) is 4.47. The van der Waals surface area contributed by atoms with Crippen molar-refractivity contribution in [1.82, 2.24) is 14.5 Å². The molecule has 41 heavy (non-hydrogen) atoms. The van der Waals surface area contributed by atoms with Crippen molar-refractivity contribution >= 4 is 67.3 Å². The number of fused-ring (bicyclic) bond motifs is 1. The predicted molar refractivity (Wildman–Crippen MR) is 171 cm³/mol. The van der Waals surface area contributed by atoms with E-state index < -0.39 is 0 Å². The molecule has 0 aliphatic rings. The molecule has 0 unspecified atom stereocenters. The molecule has 3 aromatic carbocycles. The summed E-state index contributed by atoms with van der Waals surface area (Å²) < 4.78 is 1.59. The van der Waals surface area contributed by atoms with Crippen molar-refractivity contribution in [3.05, 3.63) is 122 Å². The van der Waals surface area contributed by atoms with E-state index in [1.54, 1.807) is 10.8 Å². The minimum absolute atomic E-state index is 0.0736. The van der Waals surface area contributed by atoms with E-state index in [-0.39, 0.29) is 17.2 Å². The quantitative estimate of drug-likeness (QED) is 0.140. The first-order chi connectivity index (χ1) is 20.0. The molecule has 1 amide bonds. The normalized spacial score (nSPS) is 11.2. The van der Waals surface area contributed by atoms with Crippen molar-refractivity contribution in [3.63, 3.8) is 0 Å². The van der Waals surface area contributed by atoms with Crippen LogP contribution in [0.4, 0.5) is 5.13 Å². The summed E-state index contributed by atoms with van der Waals surface area (Å²) in [6, 6.07) is 25.2. The zero-order valence-corrected chi connectivity index (χ0v) is 25.0. The molecule has 0 atom stereocenters. The van der Waals surface area contributed by atoms with Crippen LogP contribution in [0, 0.1) is 6.92 Å². The molecule has 3 heterocycles. The van der Waals surface area contributed by atoms with E-state index in [2.05, 4.69) is 10.3 Å². The number of aromatic nitrogens is 3. The number of aryl methyl sites for hydroxylation is 1. The molecule has 1 N–H and O–H groups in total. The molecule has 0 saturated heterocycles. The van der Waals surface area contributed by atoms with Crippen molar-refractivity contribution in [2.45, 2.75) is 18.5 Å². The fourth-order valence-electron chi connectivity index (χ4n) is 4.38. The van der Waals surface area contributed by atoms with Crippen molar-refractivity contribution in [1.29, 1.82) is 0 Å². The van der Waals surface area contributed by atoms with Gasteiger partial charge in [-0.2, -0.15) is 0 Å². The largest absolute Gasteiger partial charge is 0.301 e. The maximum absolute atomic E-state index is 13.9. The molecular weight excluding hydrogens is 592 g/mol. The molecule has 204 valence electrons. The first-order valence-electron chi connectivity index (χ1n) is 12.7. The van der Waals surface area contributed by atoms with E-state index in [4.69, 9.17) is 16.6 Å². The Kier molecular flexibility index (Phi) is 8.02. The van der Waals surface area contributed by atoms with Gasteiger partial charge >= 0.3 is 0 Å². The second-order valence-corrected chi connectivity index (χ2v) is 12.6. The highest BCUT2D eigenvalue weighted by molar-refractivity contribution is 7.99. The summed E-state index contributed by atoms with van der Waals surface area (Å²) in [6.45, 7) is 1.97. The summed E-state index contributed by atoms with van der Waals surface area (Å²) in [7, 11) is 0. The maximum atomic E-state index is 13.9. The number of thioether (sulfide) groups is 1. The average Bonchev–Trinajstić information content (AvgIpc) is 3.62. The van der Waals surface area contributed by atoms with Crippen molar-refractivity contribution in [3.8, 4) is 16.8 Å². The molecule has 6 nitrogen and oxygen atoms in total. The molecule has 0 spiro atoms. The number of hydrogen-bond donors (Lipinski definition) is 1. The van der Waals surface area contributed by atoms with Crippen molar-refractivity contribution in [2.75, 3.05) is 11.1 Å². The summed E-state index contributed by atoms with van der Waals surface area (Å²) in [5.74, 6) is -0.149. The molecule has 0 saturated carbocycles. The number of carbonyl (C=O) groups excluding carboxylic acids is 1. The van der Waals surface area contributed by atoms with Gasteiger partial charge in [0.25, 0.3) is 5.56 Å². The van der Waals surface area contributed by atoms with Crippen molar-refractivity contribution in [2.24, 2.45) is 0 Å². The topological polar surface area (TPSA) is 76.9 Å². The third kappa shape index (κ3) is 5.99. The van der Waals surface area contributed by atoms with Gasteiger partial charge in [-0.15, -0.1) is 22.7 Å². The van der Waals surface area contributed by atoms with Gasteiger partial charge in [0.1, 0.15) is 4.83 Å². The SMILES string of the molecule is Cc1ccc(Cc2cnc(NC(=O)CSc3nc4scc(-c5ccccc5)c4c(=O)n3-c3ccccc3)s2)cc1Cl. The van der Waals surface area contributed by atoms with Gasteiger partial charge in [-0.25, -0.2) is 9.97 Å². The number of anilines is 1. The van der Waals surface area contributed by atoms with Gasteiger partial charge in [-0.05, 0) is 41.8 Å². The summed E-state index contributed by atoms with van der Waals surface area (Å²) in [5, 5.41) is 7.14. The number of para-hydroxylation sites is 1. The molecule has 3 aromatic heterocycles. The zero-order valence-electron chi connectivity index (χ0n) is 21.8. The van der Waals surface area contributed by atoms with Crippen LogP contribution in [0.5, 0.6) is 0 Å². The van der Waals surface area contributed by atoms with Gasteiger partial charge < -0.3 is 5.32 Å². The molecule has 10 heteroatoms. The molecule has 0 fully saturated rings. The van der Waals surface area contributed by atoms with Crippen LogP contribution in [-0.2, 0) is 11.2 Å². The number of amides is 1. The Balaban J connectivity index is 1.23. The standard InChI is InChI=1S/C31H23ClN4O2S3/c1-19-12-13-20(15-25(19)32)14-23-16-33-30(41-23)34-26(37)18-40-31-35-28-27(24(17-39-28)21-8-4-2-5-9-21)29(38)36(31)22-10-6-3-7-11-22/h2-13,15-17H,14,18H2,1H3,(H,33,34,37). The summed E-state index contributed by atoms with van der Waals surface area (Å²) >= 11 is 10.3. The lowest BCUT2D eigenvalue weighted by Gasteiger charge is -2.12. The van der Waals surface area contributed by atoms with E-state index in [1.807, 2.05) is 91.2 Å². The lowest BCUT2D eigenvalue weighted by atomic mass is 10.1. The van der Waals surface area contributed by atoms with E-state index in [0.29, 0.717) is 32.6 Å². The number of hydrogen-bond acceptors (Lipinski definition) is 7. The van der Waals surface area contributed by atoms with E-state index in [9.17, 15) is 9.59 Å². The number of nitrogens with one attached hydrogen (secondary N) is 1. The Morgan fingerprint density at radius 2 is 1.80 bits per heavy atom. The van der Waals surface area contributed by atoms with Crippen LogP contribution in [0.25, 0.3) is 27.0 Å². The van der Waals surface area contributed by atoms with Crippen LogP contribution < -0.4 is 10.9 Å². The van der Waals surface area contributed by atoms with Crippen molar-refractivity contribution < 1.29 is 4.79 Å². The van der Waals surface area contributed by atoms with Crippen LogP contribution >= 0.6 is 46.0 Å². The lowest BCUT2D eigenvalue weighted by molar-refractivity contribution is -0.113. The number of rotatable bonds is 8. The summed E-state index contributed by atoms with van der Waals surface area (Å²) in [4.78, 5) is 37.7. The predicted octanol–water partition coefficient (Wildman–Crippen LogP) is 7.85. The Bertz CT molecular complexity index is 1920. The third-order valence-corrected chi connectivity index (χ3v) is 9.55. The number of nitrogens with zero attached hydrogens (tertiary/aromatic N) is 3. The molecular formula is C31H23ClN4O2S3. The highest BCUT2D eigenvalue weighted by Gasteiger charge is 2.19. The van der Waals surface area contributed by atoms with E-state index in [1.165, 1.54) is 34.4 Å². The number of thiazole rings is 1. The minimum Gasteiger partial charge on any atom is -0.301 e. The smallest absolute Gasteiger partial charge is 0.268 e. The van der Waals surface area contributed by atoms with Gasteiger partial charge in [-0.3, -0.25) is 14.2 Å². The van der Waals surface area contributed by atoms with Gasteiger partial charge in [-0.1, -0.05) is 84.0 Å². The first-order valence-corrected chi connectivity index (χ1v) is 15.8. The number of halogens is 1. The Labute approximate surface area is 253 Å². The Morgan fingerprint density at radius 3 is 2.56 bits per heavy atom. The highest BCUT2D eigenvalue weighted by Crippen LogP contribution is 2.33. The van der Waals surface area contributed by atoms with Gasteiger partial charge in [0, 0.05) is 33.5 Å². The number of benzene rings is 3. The lowest BCUT2D eigenvalue weighted by Crippen LogP contribution is -2.22. The fraction of sp³-hybridized carbons (Fsp3) is 0.0968. The molecule has 0 radical (unpaired) electrons. The molecule has 6 aromatic rings. The fourth-order valence-corrected chi connectivity index (χ4v) is 7.25. The Hall–Kier alpha value is -3.76. The first kappa shape index (κ1) is 27.4. The highest BCUT2D eigenvalue weighted by atomic mass is 35.5. The maximum Gasteiger partial charge on any atom is 0.268 e. The molecule has 0 bridgehead atoms. The minimum atomic E-state index is -0.223. The van der Waals surface area contributed by atoms with Crippen LogP contribution in [0.1, 0.15) is 16.0 Å². The average molecular weight is 615 g/mol. The van der Waals surface area contributed by atoms with Crippen LogP contribution in [0.15, 0.2) is 100 Å². The van der Waals surface area contributed by atoms with Gasteiger partial charge in [0.15, 0.2) is 10.3 Å². The third-order valence-electron chi connectivity index (χ3n) is 6.42. The van der Waals surface area contributed by atoms with Gasteiger partial charge in [0.05, 0.1) is 16.8 Å². The summed E-state index contributed by atoms with van der Waals surface area (Å²) in [6.07, 6.45) is 2.45. The van der Waals surface area contributed by atoms with E-state index in [0.717, 1.165) is 32.2 Å². The monoisotopic (exact) mass is 614 g/mol. The molecule has 0 aliphatic heterocycles. The second-order valence-electron chi connectivity index (χ2n) is 9.29. The Morgan fingerprint density at radius 1 is 1.05 bits per heavy atom. The van der Waals surface area contributed by atoms with E-state index >= 15 is 0 Å². The molecule has 6 rings (SSSR count). The van der Waals surface area contributed by atoms with Crippen LogP contribution in [0.3, 0.4) is 0 Å². The van der Waals surface area contributed by atoms with Crippen LogP contribution in [-0.4, -0.2) is 26.2 Å². The van der Waals surface area contributed by atoms with Gasteiger partial charge in [0.2, 0.25) is 5.91 Å². The second kappa shape index (κ2) is 12.0. The number of carbonyl (C=O) groups is 1. The zero-order chi connectivity index (χ0) is 28.3. The van der Waals surface area contributed by atoms with Crippen LogP contribution in [0.2, 0.25) is 5.02 Å².